The monoisotopic (exact) mass is 311 g/mol. The molecule has 0 aliphatic rings. The lowest BCUT2D eigenvalue weighted by Crippen LogP contribution is -2.23. The molecule has 1 nitrogen and oxygen atoms in total. The van der Waals surface area contributed by atoms with Crippen molar-refractivity contribution >= 4 is 22.9 Å². The van der Waals surface area contributed by atoms with Crippen LogP contribution in [-0.2, 0) is 6.42 Å². The van der Waals surface area contributed by atoms with Crippen LogP contribution in [0.4, 0.5) is 4.39 Å². The largest absolute Gasteiger partial charge is 0.309 e. The molecule has 1 unspecified atom stereocenters. The molecule has 2 rings (SSSR count). The average Bonchev–Trinajstić information content (AvgIpc) is 2.74. The number of thiophene rings is 1. The highest BCUT2D eigenvalue weighted by atomic mass is 35.5. The van der Waals surface area contributed by atoms with Gasteiger partial charge in [0.1, 0.15) is 5.82 Å². The van der Waals surface area contributed by atoms with E-state index in [9.17, 15) is 4.39 Å². The van der Waals surface area contributed by atoms with Gasteiger partial charge in [-0.25, -0.2) is 4.39 Å². The molecule has 1 atom stereocenters. The van der Waals surface area contributed by atoms with E-state index in [-0.39, 0.29) is 11.9 Å². The van der Waals surface area contributed by atoms with Gasteiger partial charge >= 0.3 is 0 Å². The Labute approximate surface area is 128 Å². The minimum absolute atomic E-state index is 0.183. The summed E-state index contributed by atoms with van der Waals surface area (Å²) in [6.07, 6.45) is 1.84. The Balaban J connectivity index is 2.19. The fourth-order valence-corrected chi connectivity index (χ4v) is 3.44. The molecule has 1 aromatic heterocycles. The first-order valence-corrected chi connectivity index (χ1v) is 8.03. The third-order valence-electron chi connectivity index (χ3n) is 3.19. The van der Waals surface area contributed by atoms with Crippen LogP contribution in [0, 0.1) is 12.7 Å². The Hall–Kier alpha value is -0.900. The Kier molecular flexibility index (Phi) is 5.58. The van der Waals surface area contributed by atoms with Crippen LogP contribution in [0.2, 0.25) is 4.34 Å². The van der Waals surface area contributed by atoms with Crippen LogP contribution >= 0.6 is 22.9 Å². The molecular formula is C16H19ClFNS. The summed E-state index contributed by atoms with van der Waals surface area (Å²) in [5.41, 5.74) is 2.11. The first-order chi connectivity index (χ1) is 9.60. The second kappa shape index (κ2) is 7.21. The van der Waals surface area contributed by atoms with Crippen molar-refractivity contribution < 1.29 is 4.39 Å². The molecular weight excluding hydrogens is 293 g/mol. The van der Waals surface area contributed by atoms with Crippen molar-refractivity contribution in [1.29, 1.82) is 0 Å². The van der Waals surface area contributed by atoms with Crippen molar-refractivity contribution in [2.45, 2.75) is 32.7 Å². The van der Waals surface area contributed by atoms with E-state index in [0.29, 0.717) is 0 Å². The molecule has 0 aliphatic carbocycles. The van der Waals surface area contributed by atoms with Gasteiger partial charge in [0.2, 0.25) is 0 Å². The summed E-state index contributed by atoms with van der Waals surface area (Å²) in [7, 11) is 0. The molecule has 0 saturated heterocycles. The van der Waals surface area contributed by atoms with Crippen LogP contribution in [0.15, 0.2) is 30.3 Å². The van der Waals surface area contributed by atoms with E-state index >= 15 is 0 Å². The van der Waals surface area contributed by atoms with Crippen LogP contribution in [0.25, 0.3) is 0 Å². The third kappa shape index (κ3) is 4.05. The molecule has 0 radical (unpaired) electrons. The molecule has 20 heavy (non-hydrogen) atoms. The highest BCUT2D eigenvalue weighted by Crippen LogP contribution is 2.32. The zero-order valence-electron chi connectivity index (χ0n) is 11.7. The molecule has 0 saturated carbocycles. The molecule has 0 aliphatic heterocycles. The third-order valence-corrected chi connectivity index (χ3v) is 4.86. The van der Waals surface area contributed by atoms with Crippen molar-refractivity contribution in [3.05, 3.63) is 56.5 Å². The summed E-state index contributed by atoms with van der Waals surface area (Å²) in [6.45, 7) is 5.09. The molecule has 108 valence electrons. The van der Waals surface area contributed by atoms with Gasteiger partial charge in [-0.15, -0.1) is 11.3 Å². The van der Waals surface area contributed by atoms with Gasteiger partial charge in [-0.3, -0.25) is 0 Å². The summed E-state index contributed by atoms with van der Waals surface area (Å²) in [5, 5.41) is 3.52. The highest BCUT2D eigenvalue weighted by molar-refractivity contribution is 7.16. The van der Waals surface area contributed by atoms with Crippen molar-refractivity contribution in [1.82, 2.24) is 5.32 Å². The van der Waals surface area contributed by atoms with E-state index in [4.69, 9.17) is 11.6 Å². The molecule has 0 fully saturated rings. The number of rotatable bonds is 6. The van der Waals surface area contributed by atoms with Crippen molar-refractivity contribution in [3.8, 4) is 0 Å². The molecule has 1 N–H and O–H groups in total. The molecule has 0 amide bonds. The quantitative estimate of drug-likeness (QED) is 0.779. The maximum Gasteiger partial charge on any atom is 0.123 e. The van der Waals surface area contributed by atoms with Crippen LogP contribution in [0.1, 0.15) is 35.4 Å². The molecule has 0 bridgehead atoms. The van der Waals surface area contributed by atoms with Crippen LogP contribution in [0.5, 0.6) is 0 Å². The van der Waals surface area contributed by atoms with E-state index in [1.165, 1.54) is 10.9 Å². The fourth-order valence-electron chi connectivity index (χ4n) is 2.15. The van der Waals surface area contributed by atoms with Crippen molar-refractivity contribution in [2.24, 2.45) is 0 Å². The number of halogens is 2. The Morgan fingerprint density at radius 1 is 1.35 bits per heavy atom. The van der Waals surface area contributed by atoms with E-state index in [0.717, 1.165) is 34.8 Å². The highest BCUT2D eigenvalue weighted by Gasteiger charge is 2.15. The molecule has 1 aromatic carbocycles. The first-order valence-electron chi connectivity index (χ1n) is 6.83. The van der Waals surface area contributed by atoms with E-state index in [1.54, 1.807) is 23.5 Å². The lowest BCUT2D eigenvalue weighted by Gasteiger charge is -2.17. The standard InChI is InChI=1S/C16H19ClFNS/c1-3-7-19-14(15-8-11(2)16(17)20-15)10-12-5-4-6-13(18)9-12/h4-6,8-9,14,19H,3,7,10H2,1-2H3. The summed E-state index contributed by atoms with van der Waals surface area (Å²) in [5.74, 6) is -0.183. The molecule has 0 spiro atoms. The number of aryl methyl sites for hydroxylation is 1. The van der Waals surface area contributed by atoms with E-state index in [2.05, 4.69) is 18.3 Å². The first kappa shape index (κ1) is 15.5. The lowest BCUT2D eigenvalue weighted by atomic mass is 10.0. The van der Waals surface area contributed by atoms with Gasteiger partial charge in [-0.1, -0.05) is 30.7 Å². The van der Waals surface area contributed by atoms with Gasteiger partial charge in [0, 0.05) is 10.9 Å². The summed E-state index contributed by atoms with van der Waals surface area (Å²) < 4.78 is 14.1. The summed E-state index contributed by atoms with van der Waals surface area (Å²) in [4.78, 5) is 1.21. The SMILES string of the molecule is CCCNC(Cc1cccc(F)c1)c1cc(C)c(Cl)s1. The minimum Gasteiger partial charge on any atom is -0.309 e. The average molecular weight is 312 g/mol. The van der Waals surface area contributed by atoms with Gasteiger partial charge < -0.3 is 5.32 Å². The summed E-state index contributed by atoms with van der Waals surface area (Å²) >= 11 is 7.77. The maximum absolute atomic E-state index is 13.3. The number of hydrogen-bond donors (Lipinski definition) is 1. The zero-order chi connectivity index (χ0) is 14.5. The molecule has 1 heterocycles. The van der Waals surface area contributed by atoms with Crippen LogP contribution in [0.3, 0.4) is 0 Å². The predicted molar refractivity (Wildman–Crippen MR) is 85.2 cm³/mol. The zero-order valence-corrected chi connectivity index (χ0v) is 13.3. The molecule has 2 aromatic rings. The van der Waals surface area contributed by atoms with Gasteiger partial charge in [-0.05, 0) is 55.6 Å². The number of nitrogens with one attached hydrogen (secondary N) is 1. The number of hydrogen-bond acceptors (Lipinski definition) is 2. The van der Waals surface area contributed by atoms with E-state index in [1.807, 2.05) is 13.0 Å². The van der Waals surface area contributed by atoms with Crippen LogP contribution < -0.4 is 5.32 Å². The van der Waals surface area contributed by atoms with E-state index < -0.39 is 0 Å². The normalized spacial score (nSPS) is 12.6. The smallest absolute Gasteiger partial charge is 0.123 e. The Morgan fingerprint density at radius 3 is 2.75 bits per heavy atom. The van der Waals surface area contributed by atoms with Gasteiger partial charge in [0.25, 0.3) is 0 Å². The second-order valence-corrected chi connectivity index (χ2v) is 6.63. The topological polar surface area (TPSA) is 12.0 Å². The van der Waals surface area contributed by atoms with Crippen molar-refractivity contribution in [2.75, 3.05) is 6.54 Å². The number of benzene rings is 1. The fraction of sp³-hybridized carbons (Fsp3) is 0.375. The van der Waals surface area contributed by atoms with Gasteiger partial charge in [0.05, 0.1) is 4.34 Å². The van der Waals surface area contributed by atoms with Gasteiger partial charge in [0.15, 0.2) is 0 Å². The minimum atomic E-state index is -0.183. The van der Waals surface area contributed by atoms with Gasteiger partial charge in [-0.2, -0.15) is 0 Å². The second-order valence-electron chi connectivity index (χ2n) is 4.95. The summed E-state index contributed by atoms with van der Waals surface area (Å²) in [6, 6.07) is 9.11. The maximum atomic E-state index is 13.3. The Morgan fingerprint density at radius 2 is 2.15 bits per heavy atom. The predicted octanol–water partition coefficient (Wildman–Crippen LogP) is 5.13. The molecule has 4 heteroatoms. The van der Waals surface area contributed by atoms with Crippen LogP contribution in [-0.4, -0.2) is 6.54 Å². The lowest BCUT2D eigenvalue weighted by molar-refractivity contribution is 0.534. The Bertz CT molecular complexity index is 548. The van der Waals surface area contributed by atoms with Crippen molar-refractivity contribution in [3.63, 3.8) is 0 Å².